The summed E-state index contributed by atoms with van der Waals surface area (Å²) >= 11 is 0. The quantitative estimate of drug-likeness (QED) is 0.745. The molecule has 1 aromatic rings. The minimum Gasteiger partial charge on any atom is -0.399 e. The molecule has 16 heavy (non-hydrogen) atoms. The van der Waals surface area contributed by atoms with Gasteiger partial charge in [0, 0.05) is 31.9 Å². The second kappa shape index (κ2) is 5.87. The summed E-state index contributed by atoms with van der Waals surface area (Å²) in [5.74, 6) is 0. The molecule has 1 saturated heterocycles. The van der Waals surface area contributed by atoms with Crippen LogP contribution < -0.4 is 11.1 Å². The van der Waals surface area contributed by atoms with Crippen LogP contribution in [0, 0.1) is 0 Å². The predicted molar refractivity (Wildman–Crippen MR) is 68.5 cm³/mol. The molecule has 3 nitrogen and oxygen atoms in total. The first-order chi connectivity index (χ1) is 7.84. The summed E-state index contributed by atoms with van der Waals surface area (Å²) < 4.78 is 0. The third-order valence-corrected chi connectivity index (χ3v) is 3.13. The minimum atomic E-state index is 0.853. The van der Waals surface area contributed by atoms with Gasteiger partial charge in [0.05, 0.1) is 0 Å². The van der Waals surface area contributed by atoms with E-state index in [1.165, 1.54) is 31.6 Å². The highest BCUT2D eigenvalue weighted by Gasteiger charge is 2.08. The molecule has 3 heteroatoms. The lowest BCUT2D eigenvalue weighted by Gasteiger charge is -2.27. The Balaban J connectivity index is 1.69. The van der Waals surface area contributed by atoms with Gasteiger partial charge in [0.1, 0.15) is 0 Å². The molecule has 2 rings (SSSR count). The number of anilines is 1. The zero-order valence-corrected chi connectivity index (χ0v) is 9.78. The van der Waals surface area contributed by atoms with E-state index in [4.69, 9.17) is 5.73 Å². The molecule has 1 aliphatic heterocycles. The maximum atomic E-state index is 5.66. The second-order valence-corrected chi connectivity index (χ2v) is 4.44. The van der Waals surface area contributed by atoms with E-state index in [2.05, 4.69) is 22.3 Å². The van der Waals surface area contributed by atoms with Gasteiger partial charge in [-0.1, -0.05) is 12.1 Å². The number of hydrogen-bond donors (Lipinski definition) is 2. The average molecular weight is 219 g/mol. The molecular weight excluding hydrogens is 198 g/mol. The van der Waals surface area contributed by atoms with Crippen molar-refractivity contribution in [3.8, 4) is 0 Å². The van der Waals surface area contributed by atoms with Crippen molar-refractivity contribution >= 4 is 5.69 Å². The monoisotopic (exact) mass is 219 g/mol. The van der Waals surface area contributed by atoms with E-state index in [-0.39, 0.29) is 0 Å². The van der Waals surface area contributed by atoms with Crippen molar-refractivity contribution in [3.63, 3.8) is 0 Å². The third kappa shape index (κ3) is 3.51. The molecule has 0 aromatic heterocycles. The van der Waals surface area contributed by atoms with Crippen LogP contribution in [0.4, 0.5) is 5.69 Å². The van der Waals surface area contributed by atoms with Crippen LogP contribution in [-0.2, 0) is 6.42 Å². The number of rotatable bonds is 4. The van der Waals surface area contributed by atoms with Gasteiger partial charge in [-0.25, -0.2) is 0 Å². The number of nitrogens with one attached hydrogen (secondary N) is 1. The van der Waals surface area contributed by atoms with E-state index in [0.29, 0.717) is 0 Å². The number of piperazine rings is 1. The van der Waals surface area contributed by atoms with Crippen LogP contribution in [0.25, 0.3) is 0 Å². The lowest BCUT2D eigenvalue weighted by molar-refractivity contribution is 0.238. The number of hydrogen-bond acceptors (Lipinski definition) is 3. The first kappa shape index (κ1) is 11.4. The SMILES string of the molecule is Nc1ccc(CCCN2CCNCC2)cc1. The average Bonchev–Trinajstić information content (AvgIpc) is 2.33. The molecular formula is C13H21N3. The third-order valence-electron chi connectivity index (χ3n) is 3.13. The van der Waals surface area contributed by atoms with Crippen molar-refractivity contribution in [2.75, 3.05) is 38.5 Å². The first-order valence-electron chi connectivity index (χ1n) is 6.12. The fourth-order valence-corrected chi connectivity index (χ4v) is 2.13. The van der Waals surface area contributed by atoms with Crippen molar-refractivity contribution in [2.24, 2.45) is 0 Å². The molecule has 0 bridgehead atoms. The molecule has 1 aliphatic rings. The molecule has 0 spiro atoms. The maximum absolute atomic E-state index is 5.66. The molecule has 1 aromatic carbocycles. The highest BCUT2D eigenvalue weighted by atomic mass is 15.2. The van der Waals surface area contributed by atoms with Gasteiger partial charge in [-0.2, -0.15) is 0 Å². The van der Waals surface area contributed by atoms with Crippen LogP contribution in [0.2, 0.25) is 0 Å². The molecule has 0 radical (unpaired) electrons. The fourth-order valence-electron chi connectivity index (χ4n) is 2.13. The predicted octanol–water partition coefficient (Wildman–Crippen LogP) is 1.11. The molecule has 88 valence electrons. The number of nitrogens with zero attached hydrogens (tertiary/aromatic N) is 1. The molecule has 0 unspecified atom stereocenters. The summed E-state index contributed by atoms with van der Waals surface area (Å²) in [5, 5.41) is 3.37. The molecule has 0 amide bonds. The van der Waals surface area contributed by atoms with Gasteiger partial charge in [-0.3, -0.25) is 0 Å². The summed E-state index contributed by atoms with van der Waals surface area (Å²) in [7, 11) is 0. The van der Waals surface area contributed by atoms with Gasteiger partial charge < -0.3 is 16.0 Å². The Hall–Kier alpha value is -1.06. The van der Waals surface area contributed by atoms with Crippen LogP contribution in [-0.4, -0.2) is 37.6 Å². The normalized spacial score (nSPS) is 17.5. The number of benzene rings is 1. The molecule has 3 N–H and O–H groups in total. The minimum absolute atomic E-state index is 0.853. The van der Waals surface area contributed by atoms with Crippen molar-refractivity contribution in [3.05, 3.63) is 29.8 Å². The summed E-state index contributed by atoms with van der Waals surface area (Å²) in [4.78, 5) is 2.54. The Kier molecular flexibility index (Phi) is 4.19. The van der Waals surface area contributed by atoms with Gasteiger partial charge >= 0.3 is 0 Å². The van der Waals surface area contributed by atoms with E-state index in [1.807, 2.05) is 12.1 Å². The van der Waals surface area contributed by atoms with E-state index >= 15 is 0 Å². The van der Waals surface area contributed by atoms with E-state index in [0.717, 1.165) is 25.2 Å². The summed E-state index contributed by atoms with van der Waals surface area (Å²) in [5.41, 5.74) is 7.90. The van der Waals surface area contributed by atoms with Gasteiger partial charge in [0.15, 0.2) is 0 Å². The van der Waals surface area contributed by atoms with Gasteiger partial charge in [0.25, 0.3) is 0 Å². The van der Waals surface area contributed by atoms with Gasteiger partial charge in [-0.15, -0.1) is 0 Å². The molecule has 1 heterocycles. The number of aryl methyl sites for hydroxylation is 1. The van der Waals surface area contributed by atoms with Crippen molar-refractivity contribution < 1.29 is 0 Å². The first-order valence-corrected chi connectivity index (χ1v) is 6.12. The van der Waals surface area contributed by atoms with Crippen LogP contribution >= 0.6 is 0 Å². The van der Waals surface area contributed by atoms with Gasteiger partial charge in [0.2, 0.25) is 0 Å². The fraction of sp³-hybridized carbons (Fsp3) is 0.538. The lowest BCUT2D eigenvalue weighted by Crippen LogP contribution is -2.43. The van der Waals surface area contributed by atoms with E-state index in [9.17, 15) is 0 Å². The molecule has 0 aliphatic carbocycles. The molecule has 0 atom stereocenters. The van der Waals surface area contributed by atoms with Crippen LogP contribution in [0.3, 0.4) is 0 Å². The largest absolute Gasteiger partial charge is 0.399 e. The highest BCUT2D eigenvalue weighted by molar-refractivity contribution is 5.39. The Morgan fingerprint density at radius 1 is 1.12 bits per heavy atom. The summed E-state index contributed by atoms with van der Waals surface area (Å²) in [6.45, 7) is 5.89. The van der Waals surface area contributed by atoms with E-state index in [1.54, 1.807) is 0 Å². The second-order valence-electron chi connectivity index (χ2n) is 4.44. The number of nitrogens with two attached hydrogens (primary N) is 1. The Bertz CT molecular complexity index is 301. The Morgan fingerprint density at radius 3 is 2.50 bits per heavy atom. The van der Waals surface area contributed by atoms with Crippen LogP contribution in [0.1, 0.15) is 12.0 Å². The van der Waals surface area contributed by atoms with E-state index < -0.39 is 0 Å². The summed E-state index contributed by atoms with van der Waals surface area (Å²) in [6.07, 6.45) is 2.40. The van der Waals surface area contributed by atoms with Crippen molar-refractivity contribution in [1.82, 2.24) is 10.2 Å². The topological polar surface area (TPSA) is 41.3 Å². The molecule has 0 saturated carbocycles. The van der Waals surface area contributed by atoms with Crippen LogP contribution in [0.15, 0.2) is 24.3 Å². The maximum Gasteiger partial charge on any atom is 0.0314 e. The highest BCUT2D eigenvalue weighted by Crippen LogP contribution is 2.08. The van der Waals surface area contributed by atoms with Crippen LogP contribution in [0.5, 0.6) is 0 Å². The van der Waals surface area contributed by atoms with Crippen molar-refractivity contribution in [1.29, 1.82) is 0 Å². The van der Waals surface area contributed by atoms with Gasteiger partial charge in [-0.05, 0) is 37.1 Å². The standard InChI is InChI=1S/C13H21N3/c14-13-5-3-12(4-6-13)2-1-9-16-10-7-15-8-11-16/h3-6,15H,1-2,7-11,14H2. The lowest BCUT2D eigenvalue weighted by atomic mass is 10.1. The Labute approximate surface area is 97.6 Å². The zero-order chi connectivity index (χ0) is 11.2. The number of nitrogen functional groups attached to an aromatic ring is 1. The van der Waals surface area contributed by atoms with Crippen molar-refractivity contribution in [2.45, 2.75) is 12.8 Å². The smallest absolute Gasteiger partial charge is 0.0314 e. The summed E-state index contributed by atoms with van der Waals surface area (Å²) in [6, 6.07) is 8.24. The molecule has 1 fully saturated rings. The zero-order valence-electron chi connectivity index (χ0n) is 9.78. The Morgan fingerprint density at radius 2 is 1.81 bits per heavy atom.